The van der Waals surface area contributed by atoms with Gasteiger partial charge in [-0.05, 0) is 93.1 Å². The van der Waals surface area contributed by atoms with Gasteiger partial charge in [0.2, 0.25) is 0 Å². The number of nitrogens with one attached hydrogen (secondary N) is 1. The Labute approximate surface area is 206 Å². The number of ether oxygens (including phenoxy) is 1. The fourth-order valence-corrected chi connectivity index (χ4v) is 5.22. The van der Waals surface area contributed by atoms with Crippen LogP contribution in [-0.2, 0) is 0 Å². The van der Waals surface area contributed by atoms with E-state index in [1.165, 1.54) is 22.5 Å². The van der Waals surface area contributed by atoms with Crippen molar-refractivity contribution in [1.82, 2.24) is 14.9 Å². The Bertz CT molecular complexity index is 1310. The van der Waals surface area contributed by atoms with Crippen LogP contribution in [0.5, 0.6) is 5.75 Å². The van der Waals surface area contributed by atoms with E-state index in [1.807, 2.05) is 30.5 Å². The fourth-order valence-electron chi connectivity index (χ4n) is 4.87. The number of methoxy groups -OCH3 is 1. The SMILES string of the molecule is COc1ccc(N2C(=S)NC(c3ccccn3)C2c2cc(C)n(-c3ccc(C)cc3)c2C)cc1. The maximum Gasteiger partial charge on any atom is 0.174 e. The summed E-state index contributed by atoms with van der Waals surface area (Å²) in [6.45, 7) is 6.45. The van der Waals surface area contributed by atoms with Crippen molar-refractivity contribution in [2.75, 3.05) is 12.0 Å². The molecule has 6 heteroatoms. The summed E-state index contributed by atoms with van der Waals surface area (Å²) in [6, 6.07) is 24.9. The molecule has 3 heterocycles. The van der Waals surface area contributed by atoms with Gasteiger partial charge in [-0.25, -0.2) is 0 Å². The molecule has 1 fully saturated rings. The minimum Gasteiger partial charge on any atom is -0.497 e. The molecule has 1 saturated heterocycles. The average molecular weight is 469 g/mol. The van der Waals surface area contributed by atoms with Crippen LogP contribution in [0.25, 0.3) is 5.69 Å². The number of aromatic nitrogens is 2. The zero-order valence-corrected chi connectivity index (χ0v) is 20.6. The predicted molar refractivity (Wildman–Crippen MR) is 141 cm³/mol. The Hall–Kier alpha value is -3.64. The number of hydrogen-bond acceptors (Lipinski definition) is 3. The summed E-state index contributed by atoms with van der Waals surface area (Å²) in [4.78, 5) is 6.88. The van der Waals surface area contributed by atoms with Crippen molar-refractivity contribution in [1.29, 1.82) is 0 Å². The van der Waals surface area contributed by atoms with E-state index < -0.39 is 0 Å². The van der Waals surface area contributed by atoms with Crippen LogP contribution in [0.4, 0.5) is 5.69 Å². The highest BCUT2D eigenvalue weighted by Crippen LogP contribution is 2.44. The van der Waals surface area contributed by atoms with Crippen molar-refractivity contribution >= 4 is 23.0 Å². The largest absolute Gasteiger partial charge is 0.497 e. The van der Waals surface area contributed by atoms with Crippen molar-refractivity contribution in [2.24, 2.45) is 0 Å². The lowest BCUT2D eigenvalue weighted by Crippen LogP contribution is -2.29. The molecule has 0 amide bonds. The minimum atomic E-state index is -0.0808. The molecule has 1 aliphatic rings. The third kappa shape index (κ3) is 3.84. The van der Waals surface area contributed by atoms with Crippen LogP contribution < -0.4 is 15.0 Å². The highest BCUT2D eigenvalue weighted by atomic mass is 32.1. The minimum absolute atomic E-state index is 0.0545. The molecule has 4 aromatic rings. The Morgan fingerprint density at radius 1 is 0.912 bits per heavy atom. The van der Waals surface area contributed by atoms with E-state index in [0.29, 0.717) is 5.11 Å². The van der Waals surface area contributed by atoms with Crippen molar-refractivity contribution < 1.29 is 4.74 Å². The molecule has 5 rings (SSSR count). The summed E-state index contributed by atoms with van der Waals surface area (Å²) in [5.41, 5.74) is 7.98. The van der Waals surface area contributed by atoms with Crippen molar-refractivity contribution in [3.63, 3.8) is 0 Å². The van der Waals surface area contributed by atoms with Crippen LogP contribution in [0.3, 0.4) is 0 Å². The normalized spacial score (nSPS) is 17.6. The van der Waals surface area contributed by atoms with Crippen molar-refractivity contribution in [3.05, 3.63) is 107 Å². The van der Waals surface area contributed by atoms with E-state index in [-0.39, 0.29) is 12.1 Å². The van der Waals surface area contributed by atoms with Crippen molar-refractivity contribution in [3.8, 4) is 11.4 Å². The number of hydrogen-bond donors (Lipinski definition) is 1. The first kappa shape index (κ1) is 22.2. The molecule has 172 valence electrons. The molecule has 2 unspecified atom stereocenters. The third-order valence-corrected chi connectivity index (χ3v) is 6.84. The zero-order valence-electron chi connectivity index (χ0n) is 19.8. The summed E-state index contributed by atoms with van der Waals surface area (Å²) >= 11 is 5.88. The van der Waals surface area contributed by atoms with Gasteiger partial charge in [-0.3, -0.25) is 4.98 Å². The molecule has 0 aliphatic carbocycles. The van der Waals surface area contributed by atoms with Crippen molar-refractivity contribution in [2.45, 2.75) is 32.9 Å². The maximum absolute atomic E-state index is 5.88. The van der Waals surface area contributed by atoms with Gasteiger partial charge in [0.25, 0.3) is 0 Å². The van der Waals surface area contributed by atoms with Gasteiger partial charge in [0.1, 0.15) is 5.75 Å². The Morgan fingerprint density at radius 3 is 2.26 bits per heavy atom. The van der Waals surface area contributed by atoms with Crippen LogP contribution in [0, 0.1) is 20.8 Å². The van der Waals surface area contributed by atoms with Gasteiger partial charge < -0.3 is 19.5 Å². The van der Waals surface area contributed by atoms with E-state index in [1.54, 1.807) is 7.11 Å². The smallest absolute Gasteiger partial charge is 0.174 e. The average Bonchev–Trinajstić information content (AvgIpc) is 3.35. The van der Waals surface area contributed by atoms with E-state index in [4.69, 9.17) is 17.0 Å². The van der Waals surface area contributed by atoms with Gasteiger partial charge in [0, 0.05) is 29.0 Å². The van der Waals surface area contributed by atoms with E-state index in [2.05, 4.69) is 89.1 Å². The lowest BCUT2D eigenvalue weighted by Gasteiger charge is -2.28. The molecule has 0 bridgehead atoms. The first-order chi connectivity index (χ1) is 16.5. The van der Waals surface area contributed by atoms with Crippen LogP contribution in [0.2, 0.25) is 0 Å². The lowest BCUT2D eigenvalue weighted by atomic mass is 9.96. The first-order valence-corrected chi connectivity index (χ1v) is 11.8. The summed E-state index contributed by atoms with van der Waals surface area (Å²) in [5.74, 6) is 0.817. The molecule has 2 atom stereocenters. The molecule has 0 saturated carbocycles. The Morgan fingerprint density at radius 2 is 1.62 bits per heavy atom. The highest BCUT2D eigenvalue weighted by molar-refractivity contribution is 7.80. The van der Waals surface area contributed by atoms with E-state index >= 15 is 0 Å². The number of nitrogens with zero attached hydrogens (tertiary/aromatic N) is 3. The zero-order chi connectivity index (χ0) is 23.8. The van der Waals surface area contributed by atoms with Crippen LogP contribution >= 0.6 is 12.2 Å². The van der Waals surface area contributed by atoms with Gasteiger partial charge >= 0.3 is 0 Å². The molecule has 0 spiro atoms. The monoisotopic (exact) mass is 468 g/mol. The van der Waals surface area contributed by atoms with E-state index in [9.17, 15) is 0 Å². The molecule has 2 aromatic heterocycles. The molecule has 5 nitrogen and oxygen atoms in total. The number of rotatable bonds is 5. The second-order valence-corrected chi connectivity index (χ2v) is 9.08. The maximum atomic E-state index is 5.88. The molecule has 1 N–H and O–H groups in total. The first-order valence-electron chi connectivity index (χ1n) is 11.4. The number of anilines is 1. The standard InChI is InChI=1S/C28H28N4OS/c1-18-8-10-21(11-9-18)31-19(2)17-24(20(31)3)27-26(25-7-5-6-16-29-25)30-28(34)32(27)22-12-14-23(33-4)15-13-22/h5-17,26-27H,1-4H3,(H,30,34). The Balaban J connectivity index is 1.66. The van der Waals surface area contributed by atoms with Crippen LogP contribution in [0.15, 0.2) is 79.0 Å². The molecule has 1 aliphatic heterocycles. The van der Waals surface area contributed by atoms with Gasteiger partial charge in [0.05, 0.1) is 24.9 Å². The third-order valence-electron chi connectivity index (χ3n) is 6.53. The summed E-state index contributed by atoms with van der Waals surface area (Å²) < 4.78 is 7.69. The number of aryl methyl sites for hydroxylation is 2. The topological polar surface area (TPSA) is 42.3 Å². The summed E-state index contributed by atoms with van der Waals surface area (Å²) in [5, 5.41) is 4.24. The van der Waals surface area contributed by atoms with Crippen LogP contribution in [-0.4, -0.2) is 21.8 Å². The number of benzene rings is 2. The summed E-state index contributed by atoms with van der Waals surface area (Å²) in [6.07, 6.45) is 1.84. The van der Waals surface area contributed by atoms with Gasteiger partial charge in [-0.2, -0.15) is 0 Å². The lowest BCUT2D eigenvalue weighted by molar-refractivity contribution is 0.415. The molecule has 0 radical (unpaired) electrons. The van der Waals surface area contributed by atoms with E-state index in [0.717, 1.165) is 22.8 Å². The second kappa shape index (κ2) is 8.95. The molecular formula is C28H28N4OS. The van der Waals surface area contributed by atoms with Gasteiger partial charge in [0.15, 0.2) is 5.11 Å². The molecule has 34 heavy (non-hydrogen) atoms. The summed E-state index contributed by atoms with van der Waals surface area (Å²) in [7, 11) is 1.68. The quantitative estimate of drug-likeness (QED) is 0.365. The van der Waals surface area contributed by atoms with Gasteiger partial charge in [-0.15, -0.1) is 0 Å². The highest BCUT2D eigenvalue weighted by Gasteiger charge is 2.42. The molecular weight excluding hydrogens is 440 g/mol. The Kier molecular flexibility index (Phi) is 5.84. The number of pyridine rings is 1. The number of thiocarbonyl (C=S) groups is 1. The van der Waals surface area contributed by atoms with Gasteiger partial charge in [-0.1, -0.05) is 23.8 Å². The molecule has 2 aromatic carbocycles. The second-order valence-electron chi connectivity index (χ2n) is 8.69. The fraction of sp³-hybridized carbons (Fsp3) is 0.214. The van der Waals surface area contributed by atoms with Crippen LogP contribution in [0.1, 0.15) is 40.3 Å². The predicted octanol–water partition coefficient (Wildman–Crippen LogP) is 5.98.